The van der Waals surface area contributed by atoms with Crippen LogP contribution in [0.15, 0.2) is 54.6 Å². The first kappa shape index (κ1) is 13.8. The molecule has 0 unspecified atom stereocenters. The highest BCUT2D eigenvalue weighted by molar-refractivity contribution is 7.51. The highest BCUT2D eigenvalue weighted by atomic mass is 31.2. The Bertz CT molecular complexity index is 577. The molecular formula is C14H15O4P. The number of benzene rings is 2. The topological polar surface area (TPSA) is 66.8 Å². The van der Waals surface area contributed by atoms with Crippen molar-refractivity contribution in [3.63, 3.8) is 0 Å². The fourth-order valence-electron chi connectivity index (χ4n) is 1.72. The molecule has 0 atom stereocenters. The molecule has 0 spiro atoms. The Labute approximate surface area is 111 Å². The molecule has 0 saturated heterocycles. The van der Waals surface area contributed by atoms with Gasteiger partial charge in [-0.1, -0.05) is 48.5 Å². The Kier molecular flexibility index (Phi) is 4.38. The van der Waals surface area contributed by atoms with Crippen molar-refractivity contribution >= 4 is 7.60 Å². The molecule has 0 heterocycles. The Balaban J connectivity index is 2.16. The maximum atomic E-state index is 10.8. The Morgan fingerprint density at radius 2 is 1.58 bits per heavy atom. The standard InChI is InChI=1S/C14H15O4P/c15-19(16,17)11-10-18-14-9-5-4-8-13(14)12-6-2-1-3-7-12/h1-9H,10-11H2,(H2,15,16,17). The first-order valence-electron chi connectivity index (χ1n) is 5.88. The quantitative estimate of drug-likeness (QED) is 0.825. The molecule has 2 rings (SSSR count). The number of rotatable bonds is 5. The minimum absolute atomic E-state index is 0.00583. The maximum Gasteiger partial charge on any atom is 0.328 e. The molecule has 0 aromatic heterocycles. The number of hydrogen-bond acceptors (Lipinski definition) is 2. The van der Waals surface area contributed by atoms with Gasteiger partial charge in [0.1, 0.15) is 5.75 Å². The lowest BCUT2D eigenvalue weighted by atomic mass is 10.1. The molecule has 0 aliphatic carbocycles. The van der Waals surface area contributed by atoms with Gasteiger partial charge in [-0.2, -0.15) is 0 Å². The Morgan fingerprint density at radius 3 is 2.26 bits per heavy atom. The molecule has 2 N–H and O–H groups in total. The summed E-state index contributed by atoms with van der Waals surface area (Å²) >= 11 is 0. The van der Waals surface area contributed by atoms with E-state index in [1.807, 2.05) is 48.5 Å². The predicted molar refractivity (Wildman–Crippen MR) is 74.3 cm³/mol. The molecule has 19 heavy (non-hydrogen) atoms. The summed E-state index contributed by atoms with van der Waals surface area (Å²) in [6, 6.07) is 17.2. The zero-order valence-corrected chi connectivity index (χ0v) is 11.2. The van der Waals surface area contributed by atoms with Crippen LogP contribution in [0, 0.1) is 0 Å². The van der Waals surface area contributed by atoms with E-state index in [2.05, 4.69) is 0 Å². The van der Waals surface area contributed by atoms with Crippen molar-refractivity contribution in [2.75, 3.05) is 12.8 Å². The van der Waals surface area contributed by atoms with Gasteiger partial charge in [0.15, 0.2) is 0 Å². The molecule has 5 heteroatoms. The van der Waals surface area contributed by atoms with Crippen LogP contribution in [0.3, 0.4) is 0 Å². The van der Waals surface area contributed by atoms with Crippen molar-refractivity contribution in [3.05, 3.63) is 54.6 Å². The highest BCUT2D eigenvalue weighted by Gasteiger charge is 2.13. The third kappa shape index (κ3) is 4.21. The fourth-order valence-corrected chi connectivity index (χ4v) is 2.05. The van der Waals surface area contributed by atoms with E-state index >= 15 is 0 Å². The molecule has 0 aliphatic heterocycles. The largest absolute Gasteiger partial charge is 0.492 e. The van der Waals surface area contributed by atoms with Crippen LogP contribution in [0.2, 0.25) is 0 Å². The Hall–Kier alpha value is -1.61. The Morgan fingerprint density at radius 1 is 0.947 bits per heavy atom. The van der Waals surface area contributed by atoms with Gasteiger partial charge in [-0.15, -0.1) is 0 Å². The molecule has 0 fully saturated rings. The summed E-state index contributed by atoms with van der Waals surface area (Å²) in [4.78, 5) is 17.6. The van der Waals surface area contributed by atoms with Gasteiger partial charge in [-0.05, 0) is 11.6 Å². The number of para-hydroxylation sites is 1. The second-order valence-electron chi connectivity index (χ2n) is 4.10. The van der Waals surface area contributed by atoms with Gasteiger partial charge in [0.05, 0.1) is 12.8 Å². The van der Waals surface area contributed by atoms with E-state index in [1.54, 1.807) is 6.07 Å². The van der Waals surface area contributed by atoms with E-state index < -0.39 is 7.60 Å². The van der Waals surface area contributed by atoms with Gasteiger partial charge in [0.2, 0.25) is 0 Å². The summed E-state index contributed by atoms with van der Waals surface area (Å²) in [6.45, 7) is -0.00583. The molecule has 4 nitrogen and oxygen atoms in total. The van der Waals surface area contributed by atoms with E-state index in [-0.39, 0.29) is 12.8 Å². The molecule has 0 bridgehead atoms. The number of hydrogen-bond donors (Lipinski definition) is 2. The summed E-state index contributed by atoms with van der Waals surface area (Å²) in [5.41, 5.74) is 1.92. The van der Waals surface area contributed by atoms with Crippen LogP contribution in [0.1, 0.15) is 0 Å². The summed E-state index contributed by atoms with van der Waals surface area (Å²) in [5.74, 6) is 0.627. The van der Waals surface area contributed by atoms with Crippen molar-refractivity contribution in [1.82, 2.24) is 0 Å². The van der Waals surface area contributed by atoms with E-state index in [1.165, 1.54) is 0 Å². The SMILES string of the molecule is O=P(O)(O)CCOc1ccccc1-c1ccccc1. The number of ether oxygens (including phenoxy) is 1. The summed E-state index contributed by atoms with van der Waals surface area (Å²) in [5, 5.41) is 0. The maximum absolute atomic E-state index is 10.8. The molecule has 100 valence electrons. The van der Waals surface area contributed by atoms with Crippen molar-refractivity contribution in [2.45, 2.75) is 0 Å². The zero-order valence-electron chi connectivity index (χ0n) is 10.3. The van der Waals surface area contributed by atoms with Crippen molar-refractivity contribution in [1.29, 1.82) is 0 Å². The van der Waals surface area contributed by atoms with Crippen LogP contribution >= 0.6 is 7.60 Å². The van der Waals surface area contributed by atoms with Crippen LogP contribution in [-0.4, -0.2) is 22.6 Å². The van der Waals surface area contributed by atoms with Gasteiger partial charge < -0.3 is 14.5 Å². The lowest BCUT2D eigenvalue weighted by Gasteiger charge is -2.12. The molecule has 0 aliphatic rings. The molecule has 2 aromatic carbocycles. The van der Waals surface area contributed by atoms with Gasteiger partial charge in [-0.25, -0.2) is 0 Å². The lowest BCUT2D eigenvalue weighted by Crippen LogP contribution is -2.04. The van der Waals surface area contributed by atoms with Crippen molar-refractivity contribution in [3.8, 4) is 16.9 Å². The van der Waals surface area contributed by atoms with E-state index in [0.717, 1.165) is 11.1 Å². The third-order valence-electron chi connectivity index (χ3n) is 2.61. The van der Waals surface area contributed by atoms with Crippen molar-refractivity contribution < 1.29 is 19.1 Å². The minimum Gasteiger partial charge on any atom is -0.492 e. The molecular weight excluding hydrogens is 263 g/mol. The van der Waals surface area contributed by atoms with Gasteiger partial charge in [0, 0.05) is 5.56 Å². The van der Waals surface area contributed by atoms with Crippen LogP contribution in [0.5, 0.6) is 5.75 Å². The normalized spacial score (nSPS) is 11.3. The summed E-state index contributed by atoms with van der Waals surface area (Å²) in [7, 11) is -4.01. The van der Waals surface area contributed by atoms with Gasteiger partial charge in [-0.3, -0.25) is 4.57 Å². The third-order valence-corrected chi connectivity index (χ3v) is 3.38. The smallest absolute Gasteiger partial charge is 0.328 e. The van der Waals surface area contributed by atoms with Gasteiger partial charge in [0.25, 0.3) is 0 Å². The van der Waals surface area contributed by atoms with E-state index in [9.17, 15) is 4.57 Å². The minimum atomic E-state index is -4.01. The van der Waals surface area contributed by atoms with Crippen LogP contribution < -0.4 is 4.74 Å². The zero-order chi connectivity index (χ0) is 13.7. The van der Waals surface area contributed by atoms with E-state index in [4.69, 9.17) is 14.5 Å². The first-order chi connectivity index (χ1) is 9.06. The lowest BCUT2D eigenvalue weighted by molar-refractivity contribution is 0.317. The van der Waals surface area contributed by atoms with Crippen molar-refractivity contribution in [2.24, 2.45) is 0 Å². The molecule has 0 saturated carbocycles. The average molecular weight is 278 g/mol. The summed E-state index contributed by atoms with van der Waals surface area (Å²) in [6.07, 6.45) is -0.282. The van der Waals surface area contributed by atoms with Gasteiger partial charge >= 0.3 is 7.60 Å². The predicted octanol–water partition coefficient (Wildman–Crippen LogP) is 2.91. The molecule has 2 aromatic rings. The second-order valence-corrected chi connectivity index (χ2v) is 5.88. The van der Waals surface area contributed by atoms with Crippen LogP contribution in [0.4, 0.5) is 0 Å². The molecule has 0 radical (unpaired) electrons. The first-order valence-corrected chi connectivity index (χ1v) is 7.68. The molecule has 0 amide bonds. The fraction of sp³-hybridized carbons (Fsp3) is 0.143. The van der Waals surface area contributed by atoms with E-state index in [0.29, 0.717) is 5.75 Å². The monoisotopic (exact) mass is 278 g/mol. The second kappa shape index (κ2) is 6.02. The van der Waals surface area contributed by atoms with Crippen LogP contribution in [0.25, 0.3) is 11.1 Å². The highest BCUT2D eigenvalue weighted by Crippen LogP contribution is 2.34. The average Bonchev–Trinajstić information content (AvgIpc) is 2.39. The summed E-state index contributed by atoms with van der Waals surface area (Å²) < 4.78 is 16.3. The van der Waals surface area contributed by atoms with Crippen LogP contribution in [-0.2, 0) is 4.57 Å².